The number of hydrogen-bond acceptors (Lipinski definition) is 5. The van der Waals surface area contributed by atoms with Gasteiger partial charge in [-0.3, -0.25) is 14.4 Å². The summed E-state index contributed by atoms with van der Waals surface area (Å²) in [5, 5.41) is 8.41. The molecule has 17 heavy (non-hydrogen) atoms. The SMILES string of the molecule is COC(=O)C(C)CN(C)C(=O)CSCC(=O)O. The van der Waals surface area contributed by atoms with Gasteiger partial charge in [-0.05, 0) is 0 Å². The molecule has 0 aromatic heterocycles. The van der Waals surface area contributed by atoms with E-state index in [9.17, 15) is 14.4 Å². The summed E-state index contributed by atoms with van der Waals surface area (Å²) in [7, 11) is 2.87. The summed E-state index contributed by atoms with van der Waals surface area (Å²) in [5.41, 5.74) is 0. The average Bonchev–Trinajstić information content (AvgIpc) is 2.26. The molecule has 0 rings (SSSR count). The van der Waals surface area contributed by atoms with Gasteiger partial charge >= 0.3 is 11.9 Å². The fourth-order valence-electron chi connectivity index (χ4n) is 1.12. The third-order valence-electron chi connectivity index (χ3n) is 2.03. The molecular weight excluding hydrogens is 246 g/mol. The second-order valence-corrected chi connectivity index (χ2v) is 4.57. The Kier molecular flexibility index (Phi) is 7.36. The Hall–Kier alpha value is -1.24. The van der Waals surface area contributed by atoms with Crippen LogP contribution in [0.4, 0.5) is 0 Å². The van der Waals surface area contributed by atoms with Crippen LogP contribution in [-0.2, 0) is 19.1 Å². The second-order valence-electron chi connectivity index (χ2n) is 3.59. The quantitative estimate of drug-likeness (QED) is 0.654. The summed E-state index contributed by atoms with van der Waals surface area (Å²) < 4.78 is 4.55. The van der Waals surface area contributed by atoms with Crippen LogP contribution in [-0.4, -0.2) is 60.1 Å². The first-order valence-electron chi connectivity index (χ1n) is 4.99. The number of esters is 1. The van der Waals surface area contributed by atoms with E-state index >= 15 is 0 Å². The minimum atomic E-state index is -0.951. The number of carbonyl (C=O) groups is 3. The third kappa shape index (κ3) is 6.83. The van der Waals surface area contributed by atoms with E-state index in [1.54, 1.807) is 14.0 Å². The van der Waals surface area contributed by atoms with E-state index in [1.165, 1.54) is 12.0 Å². The lowest BCUT2D eigenvalue weighted by Crippen LogP contribution is -2.35. The van der Waals surface area contributed by atoms with E-state index in [1.807, 2.05) is 0 Å². The molecule has 1 N–H and O–H groups in total. The molecule has 0 heterocycles. The number of aliphatic carboxylic acids is 1. The van der Waals surface area contributed by atoms with Crippen LogP contribution < -0.4 is 0 Å². The fourth-order valence-corrected chi connectivity index (χ4v) is 1.80. The number of ether oxygens (including phenoxy) is 1. The van der Waals surface area contributed by atoms with Crippen LogP contribution in [0.3, 0.4) is 0 Å². The number of thioether (sulfide) groups is 1. The normalized spacial score (nSPS) is 11.7. The molecule has 7 heteroatoms. The van der Waals surface area contributed by atoms with Crippen molar-refractivity contribution < 1.29 is 24.2 Å². The molecule has 0 aromatic carbocycles. The van der Waals surface area contributed by atoms with Crippen molar-refractivity contribution >= 4 is 29.6 Å². The summed E-state index contributed by atoms with van der Waals surface area (Å²) in [4.78, 5) is 34.3. The first-order chi connectivity index (χ1) is 7.88. The molecule has 0 saturated heterocycles. The molecule has 0 aliphatic heterocycles. The van der Waals surface area contributed by atoms with Gasteiger partial charge in [0.2, 0.25) is 5.91 Å². The number of carboxylic acids is 1. The smallest absolute Gasteiger partial charge is 0.313 e. The van der Waals surface area contributed by atoms with Gasteiger partial charge < -0.3 is 14.7 Å². The molecular formula is C10H17NO5S. The van der Waals surface area contributed by atoms with E-state index in [2.05, 4.69) is 4.74 Å². The van der Waals surface area contributed by atoms with E-state index < -0.39 is 11.9 Å². The van der Waals surface area contributed by atoms with Crippen molar-refractivity contribution in [3.8, 4) is 0 Å². The van der Waals surface area contributed by atoms with E-state index in [0.29, 0.717) is 0 Å². The van der Waals surface area contributed by atoms with Crippen molar-refractivity contribution in [2.75, 3.05) is 32.2 Å². The Balaban J connectivity index is 3.96. The first kappa shape index (κ1) is 15.8. The number of carboxylic acid groups (broad SMARTS) is 1. The van der Waals surface area contributed by atoms with Gasteiger partial charge in [0, 0.05) is 13.6 Å². The molecule has 1 atom stereocenters. The van der Waals surface area contributed by atoms with E-state index in [0.717, 1.165) is 11.8 Å². The molecule has 0 aliphatic carbocycles. The molecule has 0 saturated carbocycles. The van der Waals surface area contributed by atoms with Crippen molar-refractivity contribution in [3.05, 3.63) is 0 Å². The van der Waals surface area contributed by atoms with Crippen molar-refractivity contribution in [2.45, 2.75) is 6.92 Å². The van der Waals surface area contributed by atoms with Crippen LogP contribution in [0.1, 0.15) is 6.92 Å². The topological polar surface area (TPSA) is 83.9 Å². The lowest BCUT2D eigenvalue weighted by atomic mass is 10.2. The lowest BCUT2D eigenvalue weighted by Gasteiger charge is -2.19. The highest BCUT2D eigenvalue weighted by atomic mass is 32.2. The van der Waals surface area contributed by atoms with Crippen molar-refractivity contribution in [3.63, 3.8) is 0 Å². The highest BCUT2D eigenvalue weighted by Crippen LogP contribution is 2.05. The Morgan fingerprint density at radius 2 is 1.94 bits per heavy atom. The van der Waals surface area contributed by atoms with Gasteiger partial charge in [0.05, 0.1) is 24.5 Å². The molecule has 0 bridgehead atoms. The van der Waals surface area contributed by atoms with Crippen LogP contribution in [0.15, 0.2) is 0 Å². The van der Waals surface area contributed by atoms with Gasteiger partial charge in [-0.25, -0.2) is 0 Å². The standard InChI is InChI=1S/C10H17NO5S/c1-7(10(15)16-3)4-11(2)8(12)5-17-6-9(13)14/h7H,4-6H2,1-3H3,(H,13,14). The molecule has 0 aromatic rings. The Bertz CT molecular complexity index is 294. The predicted molar refractivity (Wildman–Crippen MR) is 63.8 cm³/mol. The first-order valence-corrected chi connectivity index (χ1v) is 6.15. The minimum absolute atomic E-state index is 0.0939. The third-order valence-corrected chi connectivity index (χ3v) is 2.93. The van der Waals surface area contributed by atoms with Gasteiger partial charge in [0.25, 0.3) is 0 Å². The maximum absolute atomic E-state index is 11.5. The maximum Gasteiger partial charge on any atom is 0.313 e. The van der Waals surface area contributed by atoms with Gasteiger partial charge in [0.1, 0.15) is 0 Å². The number of nitrogens with zero attached hydrogens (tertiary/aromatic N) is 1. The molecule has 0 spiro atoms. The van der Waals surface area contributed by atoms with Crippen molar-refractivity contribution in [1.82, 2.24) is 4.90 Å². The lowest BCUT2D eigenvalue weighted by molar-refractivity contribution is -0.146. The molecule has 6 nitrogen and oxygen atoms in total. The molecule has 1 unspecified atom stereocenters. The zero-order valence-electron chi connectivity index (χ0n) is 10.1. The van der Waals surface area contributed by atoms with Crippen molar-refractivity contribution in [2.24, 2.45) is 5.92 Å². The second kappa shape index (κ2) is 7.94. The highest BCUT2D eigenvalue weighted by molar-refractivity contribution is 8.00. The minimum Gasteiger partial charge on any atom is -0.481 e. The maximum atomic E-state index is 11.5. The summed E-state index contributed by atoms with van der Waals surface area (Å²) in [6.07, 6.45) is 0. The van der Waals surface area contributed by atoms with Gasteiger partial charge in [-0.15, -0.1) is 11.8 Å². The van der Waals surface area contributed by atoms with E-state index in [-0.39, 0.29) is 29.9 Å². The number of carbonyl (C=O) groups excluding carboxylic acids is 2. The summed E-state index contributed by atoms with van der Waals surface area (Å²) >= 11 is 1.03. The fraction of sp³-hybridized carbons (Fsp3) is 0.700. The molecule has 1 amide bonds. The zero-order chi connectivity index (χ0) is 13.4. The van der Waals surface area contributed by atoms with Crippen LogP contribution in [0.25, 0.3) is 0 Å². The predicted octanol–water partition coefficient (Wildman–Crippen LogP) is 0.0717. The largest absolute Gasteiger partial charge is 0.481 e. The summed E-state index contributed by atoms with van der Waals surface area (Å²) in [6, 6.07) is 0. The Morgan fingerprint density at radius 3 is 2.41 bits per heavy atom. The zero-order valence-corrected chi connectivity index (χ0v) is 11.0. The van der Waals surface area contributed by atoms with Gasteiger partial charge in [0.15, 0.2) is 0 Å². The van der Waals surface area contributed by atoms with Crippen molar-refractivity contribution in [1.29, 1.82) is 0 Å². The number of hydrogen-bond donors (Lipinski definition) is 1. The Morgan fingerprint density at radius 1 is 1.35 bits per heavy atom. The monoisotopic (exact) mass is 263 g/mol. The highest BCUT2D eigenvalue weighted by Gasteiger charge is 2.18. The van der Waals surface area contributed by atoms with Gasteiger partial charge in [-0.2, -0.15) is 0 Å². The number of rotatable bonds is 7. The van der Waals surface area contributed by atoms with Gasteiger partial charge in [-0.1, -0.05) is 6.92 Å². The molecule has 98 valence electrons. The Labute approximate surface area is 104 Å². The molecule has 0 aliphatic rings. The van der Waals surface area contributed by atoms with Crippen LogP contribution >= 0.6 is 11.8 Å². The number of methoxy groups -OCH3 is 1. The summed E-state index contributed by atoms with van der Waals surface area (Å²) in [6.45, 7) is 1.93. The molecule has 0 radical (unpaired) electrons. The van der Waals surface area contributed by atoms with Crippen LogP contribution in [0, 0.1) is 5.92 Å². The van der Waals surface area contributed by atoms with Crippen LogP contribution in [0.5, 0.6) is 0 Å². The molecule has 0 fully saturated rings. The van der Waals surface area contributed by atoms with E-state index in [4.69, 9.17) is 5.11 Å². The number of amides is 1. The average molecular weight is 263 g/mol. The summed E-state index contributed by atoms with van der Waals surface area (Å²) in [5.74, 6) is -1.93. The van der Waals surface area contributed by atoms with Crippen LogP contribution in [0.2, 0.25) is 0 Å².